The number of rotatable bonds is 8. The van der Waals surface area contributed by atoms with Gasteiger partial charge in [0, 0.05) is 23.7 Å². The summed E-state index contributed by atoms with van der Waals surface area (Å²) in [5.74, 6) is -2.27. The largest absolute Gasteiger partial charge is 0.481 e. The molecule has 2 aromatic rings. The highest BCUT2D eigenvalue weighted by atomic mass is 19.1. The lowest BCUT2D eigenvalue weighted by molar-refractivity contribution is -0.136. The first-order valence-electron chi connectivity index (χ1n) is 8.50. The number of amides is 2. The van der Waals surface area contributed by atoms with Gasteiger partial charge in [0.1, 0.15) is 5.82 Å². The molecule has 0 radical (unpaired) electrons. The van der Waals surface area contributed by atoms with Gasteiger partial charge in [-0.05, 0) is 48.4 Å². The van der Waals surface area contributed by atoms with E-state index in [2.05, 4.69) is 10.6 Å². The summed E-state index contributed by atoms with van der Waals surface area (Å²) < 4.78 is 13.2. The SMILES string of the molecule is CC(Cc1cccc(F)c1)C(=O)Nc1ccc(C(=O)NCCC(=O)O)cc1. The smallest absolute Gasteiger partial charge is 0.305 e. The van der Waals surface area contributed by atoms with E-state index < -0.39 is 5.97 Å². The molecule has 0 aliphatic rings. The second-order valence-electron chi connectivity index (χ2n) is 6.20. The Labute approximate surface area is 156 Å². The Kier molecular flexibility index (Phi) is 7.05. The lowest BCUT2D eigenvalue weighted by atomic mass is 10.00. The van der Waals surface area contributed by atoms with Crippen LogP contribution in [0.25, 0.3) is 0 Å². The van der Waals surface area contributed by atoms with Gasteiger partial charge in [-0.25, -0.2) is 4.39 Å². The Morgan fingerprint density at radius 3 is 2.44 bits per heavy atom. The summed E-state index contributed by atoms with van der Waals surface area (Å²) >= 11 is 0. The number of aliphatic carboxylic acids is 1. The van der Waals surface area contributed by atoms with Gasteiger partial charge in [0.05, 0.1) is 6.42 Å². The second-order valence-corrected chi connectivity index (χ2v) is 6.20. The molecule has 0 aliphatic heterocycles. The van der Waals surface area contributed by atoms with Crippen molar-refractivity contribution >= 4 is 23.5 Å². The topological polar surface area (TPSA) is 95.5 Å². The highest BCUT2D eigenvalue weighted by Crippen LogP contribution is 2.14. The summed E-state index contributed by atoms with van der Waals surface area (Å²) in [5.41, 5.74) is 1.64. The van der Waals surface area contributed by atoms with Crippen molar-refractivity contribution < 1.29 is 23.9 Å². The lowest BCUT2D eigenvalue weighted by Gasteiger charge is -2.13. The van der Waals surface area contributed by atoms with Crippen LogP contribution in [-0.4, -0.2) is 29.4 Å². The van der Waals surface area contributed by atoms with Crippen molar-refractivity contribution in [3.05, 3.63) is 65.5 Å². The molecule has 27 heavy (non-hydrogen) atoms. The van der Waals surface area contributed by atoms with E-state index in [-0.39, 0.29) is 36.5 Å². The number of carbonyl (C=O) groups is 3. The predicted octanol–water partition coefficient (Wildman–Crippen LogP) is 2.85. The van der Waals surface area contributed by atoms with Crippen LogP contribution < -0.4 is 10.6 Å². The van der Waals surface area contributed by atoms with Crippen LogP contribution in [0.4, 0.5) is 10.1 Å². The van der Waals surface area contributed by atoms with Crippen LogP contribution in [0.1, 0.15) is 29.3 Å². The molecule has 0 aliphatic carbocycles. The average Bonchev–Trinajstić information content (AvgIpc) is 2.62. The van der Waals surface area contributed by atoms with Gasteiger partial charge in [-0.3, -0.25) is 14.4 Å². The number of halogens is 1. The fourth-order valence-corrected chi connectivity index (χ4v) is 2.47. The molecule has 6 nitrogen and oxygen atoms in total. The van der Waals surface area contributed by atoms with Crippen molar-refractivity contribution in [1.82, 2.24) is 5.32 Å². The van der Waals surface area contributed by atoms with Crippen molar-refractivity contribution in [3.63, 3.8) is 0 Å². The Bertz CT molecular complexity index is 821. The van der Waals surface area contributed by atoms with Gasteiger partial charge in [-0.15, -0.1) is 0 Å². The number of carboxylic acids is 1. The fourth-order valence-electron chi connectivity index (χ4n) is 2.47. The molecule has 2 aromatic carbocycles. The zero-order valence-electron chi connectivity index (χ0n) is 14.9. The number of hydrogen-bond donors (Lipinski definition) is 3. The Morgan fingerprint density at radius 2 is 1.81 bits per heavy atom. The number of anilines is 1. The zero-order chi connectivity index (χ0) is 19.8. The lowest BCUT2D eigenvalue weighted by Crippen LogP contribution is -2.26. The van der Waals surface area contributed by atoms with Crippen LogP contribution in [0.15, 0.2) is 48.5 Å². The molecule has 0 spiro atoms. The van der Waals surface area contributed by atoms with Crippen molar-refractivity contribution in [3.8, 4) is 0 Å². The molecule has 2 rings (SSSR count). The first-order valence-corrected chi connectivity index (χ1v) is 8.50. The Morgan fingerprint density at radius 1 is 1.11 bits per heavy atom. The number of nitrogens with one attached hydrogen (secondary N) is 2. The van der Waals surface area contributed by atoms with Gasteiger partial charge in [0.25, 0.3) is 5.91 Å². The molecular formula is C20H21FN2O4. The molecule has 0 bridgehead atoms. The molecule has 0 saturated carbocycles. The number of carbonyl (C=O) groups excluding carboxylic acids is 2. The van der Waals surface area contributed by atoms with Gasteiger partial charge < -0.3 is 15.7 Å². The van der Waals surface area contributed by atoms with Crippen molar-refractivity contribution in [2.75, 3.05) is 11.9 Å². The zero-order valence-corrected chi connectivity index (χ0v) is 14.9. The molecule has 0 fully saturated rings. The van der Waals surface area contributed by atoms with E-state index >= 15 is 0 Å². The summed E-state index contributed by atoms with van der Waals surface area (Å²) in [6, 6.07) is 12.4. The number of hydrogen-bond acceptors (Lipinski definition) is 3. The van der Waals surface area contributed by atoms with Crippen molar-refractivity contribution in [1.29, 1.82) is 0 Å². The maximum absolute atomic E-state index is 13.2. The van der Waals surface area contributed by atoms with Crippen LogP contribution in [-0.2, 0) is 16.0 Å². The van der Waals surface area contributed by atoms with E-state index in [0.717, 1.165) is 5.56 Å². The van der Waals surface area contributed by atoms with E-state index in [1.165, 1.54) is 12.1 Å². The van der Waals surface area contributed by atoms with Gasteiger partial charge in [-0.2, -0.15) is 0 Å². The maximum atomic E-state index is 13.2. The molecule has 2 amide bonds. The summed E-state index contributed by atoms with van der Waals surface area (Å²) in [7, 11) is 0. The summed E-state index contributed by atoms with van der Waals surface area (Å²) in [6.45, 7) is 1.80. The average molecular weight is 372 g/mol. The minimum absolute atomic E-state index is 0.0459. The van der Waals surface area contributed by atoms with Gasteiger partial charge >= 0.3 is 5.97 Å². The highest BCUT2D eigenvalue weighted by molar-refractivity contribution is 5.96. The van der Waals surface area contributed by atoms with E-state index in [0.29, 0.717) is 17.7 Å². The third-order valence-corrected chi connectivity index (χ3v) is 3.92. The van der Waals surface area contributed by atoms with Crippen LogP contribution in [0.5, 0.6) is 0 Å². The minimum Gasteiger partial charge on any atom is -0.481 e. The highest BCUT2D eigenvalue weighted by Gasteiger charge is 2.14. The molecule has 142 valence electrons. The van der Waals surface area contributed by atoms with Crippen molar-refractivity contribution in [2.24, 2.45) is 5.92 Å². The molecule has 0 saturated heterocycles. The molecule has 3 N–H and O–H groups in total. The molecular weight excluding hydrogens is 351 g/mol. The molecule has 1 atom stereocenters. The van der Waals surface area contributed by atoms with Crippen LogP contribution in [0, 0.1) is 11.7 Å². The van der Waals surface area contributed by atoms with E-state index in [9.17, 15) is 18.8 Å². The van der Waals surface area contributed by atoms with Crippen LogP contribution >= 0.6 is 0 Å². The van der Waals surface area contributed by atoms with Gasteiger partial charge in [0.15, 0.2) is 0 Å². The maximum Gasteiger partial charge on any atom is 0.305 e. The molecule has 0 aromatic heterocycles. The fraction of sp³-hybridized carbons (Fsp3) is 0.250. The Balaban J connectivity index is 1.88. The normalized spacial score (nSPS) is 11.5. The standard InChI is InChI=1S/C20H21FN2O4/c1-13(11-14-3-2-4-16(21)12-14)19(26)23-17-7-5-15(6-8-17)20(27)22-10-9-18(24)25/h2-8,12-13H,9-11H2,1H3,(H,22,27)(H,23,26)(H,24,25). The summed E-state index contributed by atoms with van der Waals surface area (Å²) in [4.78, 5) is 34.6. The molecule has 7 heteroatoms. The van der Waals surface area contributed by atoms with Gasteiger partial charge in [0.2, 0.25) is 5.91 Å². The minimum atomic E-state index is -0.985. The monoisotopic (exact) mass is 372 g/mol. The number of benzene rings is 2. The predicted molar refractivity (Wildman–Crippen MR) is 98.9 cm³/mol. The first kappa shape index (κ1) is 20.1. The number of carboxylic acid groups (broad SMARTS) is 1. The third kappa shape index (κ3) is 6.54. The van der Waals surface area contributed by atoms with Crippen LogP contribution in [0.3, 0.4) is 0 Å². The Hall–Kier alpha value is -3.22. The summed E-state index contributed by atoms with van der Waals surface area (Å²) in [6.07, 6.45) is 0.261. The van der Waals surface area contributed by atoms with Crippen molar-refractivity contribution in [2.45, 2.75) is 19.8 Å². The summed E-state index contributed by atoms with van der Waals surface area (Å²) in [5, 5.41) is 13.8. The van der Waals surface area contributed by atoms with Gasteiger partial charge in [-0.1, -0.05) is 19.1 Å². The van der Waals surface area contributed by atoms with E-state index in [1.54, 1.807) is 43.3 Å². The molecule has 1 unspecified atom stereocenters. The first-order chi connectivity index (χ1) is 12.8. The van der Waals surface area contributed by atoms with E-state index in [1.807, 2.05) is 0 Å². The molecule has 0 heterocycles. The second kappa shape index (κ2) is 9.47. The third-order valence-electron chi connectivity index (χ3n) is 3.92. The van der Waals surface area contributed by atoms with Crippen LogP contribution in [0.2, 0.25) is 0 Å². The van der Waals surface area contributed by atoms with E-state index in [4.69, 9.17) is 5.11 Å². The quantitative estimate of drug-likeness (QED) is 0.664.